The number of rotatable bonds is 8. The Hall–Kier alpha value is -3.48. The van der Waals surface area contributed by atoms with Gasteiger partial charge in [0.1, 0.15) is 17.1 Å². The van der Waals surface area contributed by atoms with Gasteiger partial charge >= 0.3 is 0 Å². The highest BCUT2D eigenvalue weighted by Gasteiger charge is 2.24. The molecule has 0 saturated carbocycles. The number of benzene rings is 2. The molecular weight excluding hydrogens is 420 g/mol. The van der Waals surface area contributed by atoms with Crippen LogP contribution in [0.5, 0.6) is 11.5 Å². The maximum Gasteiger partial charge on any atom is 0.287 e. The number of nitrogens with zero attached hydrogens (tertiary/aromatic N) is 1. The Morgan fingerprint density at radius 2 is 1.91 bits per heavy atom. The summed E-state index contributed by atoms with van der Waals surface area (Å²) in [4.78, 5) is 27.4. The minimum atomic E-state index is -0.294. The number of furan rings is 1. The van der Waals surface area contributed by atoms with Crippen molar-refractivity contribution in [3.8, 4) is 11.5 Å². The number of methoxy groups -OCH3 is 1. The zero-order valence-corrected chi connectivity index (χ0v) is 19.3. The number of carbonyl (C=O) groups is 2. The fraction of sp³-hybridized carbons (Fsp3) is 0.385. The monoisotopic (exact) mass is 450 g/mol. The van der Waals surface area contributed by atoms with Crippen LogP contribution in [0.4, 0.5) is 0 Å². The number of para-hydroxylation sites is 1. The van der Waals surface area contributed by atoms with Gasteiger partial charge in [0, 0.05) is 29.6 Å². The summed E-state index contributed by atoms with van der Waals surface area (Å²) in [5.74, 6) is 1.28. The number of hydrogen-bond acceptors (Lipinski definition) is 5. The van der Waals surface area contributed by atoms with E-state index in [0.29, 0.717) is 23.5 Å². The third kappa shape index (κ3) is 4.82. The maximum absolute atomic E-state index is 13.1. The molecular formula is C26H30N2O5. The van der Waals surface area contributed by atoms with Crippen LogP contribution in [0.1, 0.15) is 53.9 Å². The second-order valence-corrected chi connectivity index (χ2v) is 8.27. The average Bonchev–Trinajstić information content (AvgIpc) is 3.49. The number of hydrogen-bond donors (Lipinski definition) is 1. The van der Waals surface area contributed by atoms with Crippen LogP contribution >= 0.6 is 0 Å². The lowest BCUT2D eigenvalue weighted by Gasteiger charge is -2.21. The molecule has 1 fully saturated rings. The van der Waals surface area contributed by atoms with E-state index in [2.05, 4.69) is 5.32 Å². The van der Waals surface area contributed by atoms with Crippen molar-refractivity contribution in [3.05, 3.63) is 59.4 Å². The van der Waals surface area contributed by atoms with Gasteiger partial charge in [-0.05, 0) is 50.5 Å². The van der Waals surface area contributed by atoms with Crippen LogP contribution in [-0.2, 0) is 4.79 Å². The Bertz CT molecular complexity index is 1150. The predicted molar refractivity (Wildman–Crippen MR) is 126 cm³/mol. The summed E-state index contributed by atoms with van der Waals surface area (Å²) in [6, 6.07) is 12.7. The van der Waals surface area contributed by atoms with Crippen molar-refractivity contribution in [2.24, 2.45) is 0 Å². The van der Waals surface area contributed by atoms with E-state index in [1.807, 2.05) is 49.1 Å². The lowest BCUT2D eigenvalue weighted by Crippen LogP contribution is -2.32. The van der Waals surface area contributed by atoms with Crippen LogP contribution < -0.4 is 14.8 Å². The molecule has 1 unspecified atom stereocenters. The fourth-order valence-electron chi connectivity index (χ4n) is 4.26. The Labute approximate surface area is 193 Å². The molecule has 2 heterocycles. The van der Waals surface area contributed by atoms with Crippen LogP contribution in [0.2, 0.25) is 0 Å². The van der Waals surface area contributed by atoms with E-state index in [4.69, 9.17) is 13.9 Å². The smallest absolute Gasteiger partial charge is 0.287 e. The lowest BCUT2D eigenvalue weighted by molar-refractivity contribution is -0.132. The zero-order valence-electron chi connectivity index (χ0n) is 19.3. The molecule has 1 saturated heterocycles. The van der Waals surface area contributed by atoms with E-state index in [9.17, 15) is 9.59 Å². The van der Waals surface area contributed by atoms with Gasteiger partial charge < -0.3 is 24.1 Å². The van der Waals surface area contributed by atoms with Crippen molar-refractivity contribution in [2.75, 3.05) is 26.8 Å². The molecule has 1 N–H and O–H groups in total. The van der Waals surface area contributed by atoms with Gasteiger partial charge in [-0.2, -0.15) is 0 Å². The van der Waals surface area contributed by atoms with Crippen molar-refractivity contribution in [1.82, 2.24) is 10.2 Å². The lowest BCUT2D eigenvalue weighted by atomic mass is 10.0. The molecule has 1 aliphatic rings. The predicted octanol–water partition coefficient (Wildman–Crippen LogP) is 4.63. The molecule has 0 radical (unpaired) electrons. The average molecular weight is 451 g/mol. The summed E-state index contributed by atoms with van der Waals surface area (Å²) in [5, 5.41) is 3.92. The molecule has 4 rings (SSSR count). The van der Waals surface area contributed by atoms with Gasteiger partial charge in [0.25, 0.3) is 11.8 Å². The van der Waals surface area contributed by atoms with Crippen molar-refractivity contribution < 1.29 is 23.5 Å². The van der Waals surface area contributed by atoms with Gasteiger partial charge in [-0.3, -0.25) is 9.59 Å². The molecule has 0 aliphatic carbocycles. The third-order valence-corrected chi connectivity index (χ3v) is 6.17. The van der Waals surface area contributed by atoms with Crippen molar-refractivity contribution >= 4 is 22.8 Å². The molecule has 0 spiro atoms. The van der Waals surface area contributed by atoms with Gasteiger partial charge in [-0.15, -0.1) is 0 Å². The van der Waals surface area contributed by atoms with Crippen LogP contribution in [0.25, 0.3) is 11.0 Å². The zero-order chi connectivity index (χ0) is 23.4. The van der Waals surface area contributed by atoms with Crippen LogP contribution in [0, 0.1) is 6.92 Å². The number of ether oxygens (including phenoxy) is 2. The summed E-state index contributed by atoms with van der Waals surface area (Å²) in [6.07, 6.45) is 2.74. The summed E-state index contributed by atoms with van der Waals surface area (Å²) in [5.41, 5.74) is 2.23. The van der Waals surface area contributed by atoms with Crippen molar-refractivity contribution in [2.45, 2.75) is 39.2 Å². The Balaban J connectivity index is 1.51. The maximum atomic E-state index is 13.1. The molecule has 33 heavy (non-hydrogen) atoms. The Kier molecular flexibility index (Phi) is 6.87. The molecule has 7 heteroatoms. The Morgan fingerprint density at radius 1 is 1.15 bits per heavy atom. The number of likely N-dealkylation sites (tertiary alicyclic amines) is 1. The van der Waals surface area contributed by atoms with Gasteiger partial charge in [0.2, 0.25) is 0 Å². The first kappa shape index (κ1) is 22.7. The van der Waals surface area contributed by atoms with Gasteiger partial charge in [-0.25, -0.2) is 0 Å². The number of aryl methyl sites for hydroxylation is 1. The second-order valence-electron chi connectivity index (χ2n) is 8.27. The van der Waals surface area contributed by atoms with Gasteiger partial charge in [0.05, 0.1) is 13.2 Å². The number of nitrogens with one attached hydrogen (secondary N) is 1. The minimum absolute atomic E-state index is 0.00674. The van der Waals surface area contributed by atoms with E-state index in [1.165, 1.54) is 0 Å². The number of carbonyl (C=O) groups excluding carboxylic acids is 2. The van der Waals surface area contributed by atoms with Gasteiger partial charge in [0.15, 0.2) is 12.4 Å². The standard InChI is InChI=1S/C26H30N2O5/c1-4-21(19-9-5-6-10-22(19)32-16-24(29)28-13-7-8-14-28)27-26(30)25-17(2)20-15-18(31-3)11-12-23(20)33-25/h5-6,9-12,15,21H,4,7-8,13-14,16H2,1-3H3,(H,27,30). The van der Waals surface area contributed by atoms with Crippen LogP contribution in [-0.4, -0.2) is 43.5 Å². The van der Waals surface area contributed by atoms with Gasteiger partial charge in [-0.1, -0.05) is 25.1 Å². The first-order valence-electron chi connectivity index (χ1n) is 11.4. The number of fused-ring (bicyclic) bond motifs is 1. The van der Waals surface area contributed by atoms with Crippen LogP contribution in [0.15, 0.2) is 46.9 Å². The molecule has 0 bridgehead atoms. The highest BCUT2D eigenvalue weighted by Crippen LogP contribution is 2.31. The first-order chi connectivity index (χ1) is 16.0. The molecule has 1 aromatic heterocycles. The Morgan fingerprint density at radius 3 is 2.64 bits per heavy atom. The van der Waals surface area contributed by atoms with Crippen molar-refractivity contribution in [1.29, 1.82) is 0 Å². The molecule has 1 aliphatic heterocycles. The summed E-state index contributed by atoms with van der Waals surface area (Å²) in [6.45, 7) is 5.43. The molecule has 3 aromatic rings. The highest BCUT2D eigenvalue weighted by atomic mass is 16.5. The van der Waals surface area contributed by atoms with E-state index in [-0.39, 0.29) is 30.2 Å². The van der Waals surface area contributed by atoms with E-state index >= 15 is 0 Å². The molecule has 2 amide bonds. The minimum Gasteiger partial charge on any atom is -0.497 e. The van der Waals surface area contributed by atoms with Crippen LogP contribution in [0.3, 0.4) is 0 Å². The first-order valence-corrected chi connectivity index (χ1v) is 11.4. The summed E-state index contributed by atoms with van der Waals surface area (Å²) in [7, 11) is 1.61. The molecule has 174 valence electrons. The topological polar surface area (TPSA) is 81.0 Å². The van der Waals surface area contributed by atoms with E-state index in [1.54, 1.807) is 19.2 Å². The number of amides is 2. The fourth-order valence-corrected chi connectivity index (χ4v) is 4.26. The quantitative estimate of drug-likeness (QED) is 0.541. The third-order valence-electron chi connectivity index (χ3n) is 6.17. The summed E-state index contributed by atoms with van der Waals surface area (Å²) < 4.78 is 17.0. The largest absolute Gasteiger partial charge is 0.497 e. The molecule has 7 nitrogen and oxygen atoms in total. The second kappa shape index (κ2) is 9.98. The molecule has 2 aromatic carbocycles. The molecule has 1 atom stereocenters. The van der Waals surface area contributed by atoms with E-state index < -0.39 is 0 Å². The van der Waals surface area contributed by atoms with Crippen molar-refractivity contribution in [3.63, 3.8) is 0 Å². The SMILES string of the molecule is CCC(NC(=O)c1oc2ccc(OC)cc2c1C)c1ccccc1OCC(=O)N1CCCC1. The normalized spacial score (nSPS) is 14.3. The highest BCUT2D eigenvalue weighted by molar-refractivity contribution is 5.99. The van der Waals surface area contributed by atoms with E-state index in [0.717, 1.165) is 42.4 Å². The summed E-state index contributed by atoms with van der Waals surface area (Å²) >= 11 is 0.